The highest BCUT2D eigenvalue weighted by atomic mass is 79.9. The maximum atomic E-state index is 13.9. The largest absolute Gasteiger partial charge is 0.390 e. The number of pyridine rings is 1. The minimum Gasteiger partial charge on any atom is -0.390 e. The predicted octanol–water partition coefficient (Wildman–Crippen LogP) is 5.29. The van der Waals surface area contributed by atoms with Crippen LogP contribution < -0.4 is 16.0 Å². The number of rotatable bonds is 10. The standard InChI is InChI=1S/C31H37BBrFN8O/c1-29(2,3)18-37-27-19(13-35)14-36-28-24(27)11-22(12-25(28)33)39-31(32,20-7-9-21(34)10-8-20)26-17-42(41-40-26)16-23(43)15-38-30(4,5)6/h7-12,14,17,23,38-39,43H,15-16,18H2,1-6H3,(H,36,37). The predicted molar refractivity (Wildman–Crippen MR) is 172 cm³/mol. The second kappa shape index (κ2) is 12.6. The summed E-state index contributed by atoms with van der Waals surface area (Å²) in [6.07, 6.45) is 2.51. The van der Waals surface area contributed by atoms with Crippen LogP contribution in [0.15, 0.2) is 53.3 Å². The molecule has 9 nitrogen and oxygen atoms in total. The summed E-state index contributed by atoms with van der Waals surface area (Å²) in [7, 11) is 7.06. The lowest BCUT2D eigenvalue weighted by molar-refractivity contribution is 0.137. The smallest absolute Gasteiger partial charge is 0.123 e. The Morgan fingerprint density at radius 2 is 1.84 bits per heavy atom. The molecule has 2 aromatic heterocycles. The molecule has 43 heavy (non-hydrogen) atoms. The van der Waals surface area contributed by atoms with E-state index in [-0.39, 0.29) is 17.5 Å². The number of fused-ring (bicyclic) bond motifs is 1. The zero-order valence-electron chi connectivity index (χ0n) is 25.3. The molecular formula is C31H37BBrFN8O. The van der Waals surface area contributed by atoms with Crippen LogP contribution in [-0.2, 0) is 12.0 Å². The van der Waals surface area contributed by atoms with Gasteiger partial charge in [0.1, 0.15) is 25.4 Å². The number of halogens is 2. The number of hydrogen-bond acceptors (Lipinski definition) is 8. The first-order chi connectivity index (χ1) is 20.1. The molecule has 0 aliphatic rings. The van der Waals surface area contributed by atoms with E-state index in [4.69, 9.17) is 7.85 Å². The van der Waals surface area contributed by atoms with Gasteiger partial charge in [-0.05, 0) is 71.9 Å². The summed E-state index contributed by atoms with van der Waals surface area (Å²) in [5.41, 5.74) is 1.65. The van der Waals surface area contributed by atoms with Gasteiger partial charge in [0.25, 0.3) is 0 Å². The molecule has 0 aliphatic heterocycles. The van der Waals surface area contributed by atoms with E-state index in [0.29, 0.717) is 51.3 Å². The maximum absolute atomic E-state index is 13.9. The Balaban J connectivity index is 1.75. The fourth-order valence-corrected chi connectivity index (χ4v) is 5.02. The van der Waals surface area contributed by atoms with Gasteiger partial charge in [-0.2, -0.15) is 5.26 Å². The number of β-amino-alcohol motifs (C(OH)–C–C–N with tert-alkyl or cyclic N) is 1. The van der Waals surface area contributed by atoms with E-state index in [1.165, 1.54) is 16.8 Å². The second-order valence-electron chi connectivity index (χ2n) is 13.0. The van der Waals surface area contributed by atoms with Crippen LogP contribution in [0.1, 0.15) is 58.4 Å². The first kappa shape index (κ1) is 32.4. The van der Waals surface area contributed by atoms with Crippen LogP contribution in [0.3, 0.4) is 0 Å². The van der Waals surface area contributed by atoms with Gasteiger partial charge in [-0.25, -0.2) is 9.07 Å². The molecule has 12 heteroatoms. The lowest BCUT2D eigenvalue weighted by Crippen LogP contribution is -2.42. The molecule has 2 heterocycles. The fourth-order valence-electron chi connectivity index (χ4n) is 4.46. The van der Waals surface area contributed by atoms with Crippen molar-refractivity contribution in [1.29, 1.82) is 5.26 Å². The van der Waals surface area contributed by atoms with Crippen molar-refractivity contribution < 1.29 is 9.50 Å². The Kier molecular flexibility index (Phi) is 9.49. The molecule has 0 spiro atoms. The van der Waals surface area contributed by atoms with E-state index in [0.717, 1.165) is 5.39 Å². The Morgan fingerprint density at radius 3 is 2.47 bits per heavy atom. The highest BCUT2D eigenvalue weighted by Crippen LogP contribution is 2.37. The summed E-state index contributed by atoms with van der Waals surface area (Å²) in [6.45, 7) is 13.6. The number of aliphatic hydroxyl groups is 1. The SMILES string of the molecule is [B]C(Nc1cc(Br)c2ncc(C#N)c(NCC(C)(C)C)c2c1)(c1ccc(F)cc1)c1cn(CC(O)CNC(C)(C)C)nn1. The first-order valence-electron chi connectivity index (χ1n) is 14.0. The molecule has 4 rings (SSSR count). The summed E-state index contributed by atoms with van der Waals surface area (Å²) in [4.78, 5) is 4.52. The zero-order chi connectivity index (χ0) is 31.6. The lowest BCUT2D eigenvalue weighted by Gasteiger charge is -2.32. The molecule has 2 radical (unpaired) electrons. The number of hydrogen-bond donors (Lipinski definition) is 4. The van der Waals surface area contributed by atoms with E-state index in [1.807, 2.05) is 32.9 Å². The normalized spacial score (nSPS) is 14.2. The molecule has 0 bridgehead atoms. The summed E-state index contributed by atoms with van der Waals surface area (Å²) in [5, 5.41) is 39.8. The number of benzene rings is 2. The van der Waals surface area contributed by atoms with Gasteiger partial charge in [-0.15, -0.1) is 5.10 Å². The number of anilines is 2. The lowest BCUT2D eigenvalue weighted by atomic mass is 9.69. The first-order valence-corrected chi connectivity index (χ1v) is 14.8. The number of nitrogens with zero attached hydrogens (tertiary/aromatic N) is 5. The minimum absolute atomic E-state index is 0.0351. The van der Waals surface area contributed by atoms with Gasteiger partial charge >= 0.3 is 0 Å². The molecule has 224 valence electrons. The number of aliphatic hydroxyl groups excluding tert-OH is 1. The monoisotopic (exact) mass is 646 g/mol. The maximum Gasteiger partial charge on any atom is 0.123 e. The average molecular weight is 647 g/mol. The topological polar surface area (TPSA) is 124 Å². The molecular weight excluding hydrogens is 610 g/mol. The van der Waals surface area contributed by atoms with Crippen molar-refractivity contribution in [3.63, 3.8) is 0 Å². The quantitative estimate of drug-likeness (QED) is 0.172. The molecule has 0 saturated carbocycles. The second-order valence-corrected chi connectivity index (χ2v) is 13.8. The van der Waals surface area contributed by atoms with E-state index in [9.17, 15) is 14.8 Å². The van der Waals surface area contributed by atoms with Gasteiger partial charge in [0.2, 0.25) is 0 Å². The number of aromatic nitrogens is 4. The van der Waals surface area contributed by atoms with Crippen molar-refractivity contribution in [3.05, 3.63) is 75.9 Å². The minimum atomic E-state index is -1.44. The van der Waals surface area contributed by atoms with Crippen LogP contribution in [-0.4, -0.2) is 57.7 Å². The van der Waals surface area contributed by atoms with Crippen LogP contribution in [0.5, 0.6) is 0 Å². The molecule has 2 unspecified atom stereocenters. The van der Waals surface area contributed by atoms with Gasteiger partial charge in [-0.1, -0.05) is 38.1 Å². The van der Waals surface area contributed by atoms with Crippen LogP contribution >= 0.6 is 15.9 Å². The van der Waals surface area contributed by atoms with Crippen molar-refractivity contribution >= 4 is 46.1 Å². The Bertz CT molecular complexity index is 1620. The molecule has 2 aromatic carbocycles. The van der Waals surface area contributed by atoms with E-state index in [2.05, 4.69) is 74.0 Å². The molecule has 2 atom stereocenters. The highest BCUT2D eigenvalue weighted by molar-refractivity contribution is 9.10. The van der Waals surface area contributed by atoms with Crippen molar-refractivity contribution in [2.24, 2.45) is 5.41 Å². The molecule has 4 N–H and O–H groups in total. The zero-order valence-corrected chi connectivity index (χ0v) is 26.9. The summed E-state index contributed by atoms with van der Waals surface area (Å²) in [5.74, 6) is -0.401. The van der Waals surface area contributed by atoms with Crippen molar-refractivity contribution in [2.45, 2.75) is 65.2 Å². The van der Waals surface area contributed by atoms with Crippen molar-refractivity contribution in [1.82, 2.24) is 25.3 Å². The van der Waals surface area contributed by atoms with E-state index in [1.54, 1.807) is 24.5 Å². The Labute approximate surface area is 261 Å². The third kappa shape index (κ3) is 8.10. The summed E-state index contributed by atoms with van der Waals surface area (Å²) in [6, 6.07) is 11.8. The Hall–Kier alpha value is -3.53. The molecule has 4 aromatic rings. The van der Waals surface area contributed by atoms with Crippen LogP contribution in [0.25, 0.3) is 10.9 Å². The molecule has 0 amide bonds. The average Bonchev–Trinajstić information content (AvgIpc) is 3.39. The highest BCUT2D eigenvalue weighted by Gasteiger charge is 2.32. The third-order valence-electron chi connectivity index (χ3n) is 6.69. The number of nitrogens with one attached hydrogen (secondary N) is 3. The summed E-state index contributed by atoms with van der Waals surface area (Å²) < 4.78 is 16.2. The molecule has 0 saturated heterocycles. The molecule has 0 aliphatic carbocycles. The van der Waals surface area contributed by atoms with Gasteiger partial charge in [0.15, 0.2) is 0 Å². The summed E-state index contributed by atoms with van der Waals surface area (Å²) >= 11 is 3.64. The number of nitriles is 1. The van der Waals surface area contributed by atoms with Crippen LogP contribution in [0, 0.1) is 22.6 Å². The van der Waals surface area contributed by atoms with Crippen LogP contribution in [0.4, 0.5) is 15.8 Å². The van der Waals surface area contributed by atoms with Gasteiger partial charge in [0.05, 0.1) is 41.1 Å². The van der Waals surface area contributed by atoms with Crippen molar-refractivity contribution in [2.75, 3.05) is 23.7 Å². The Morgan fingerprint density at radius 1 is 1.14 bits per heavy atom. The van der Waals surface area contributed by atoms with Crippen molar-refractivity contribution in [3.8, 4) is 6.07 Å². The van der Waals surface area contributed by atoms with Gasteiger partial charge in [0, 0.05) is 40.4 Å². The van der Waals surface area contributed by atoms with E-state index < -0.39 is 17.4 Å². The third-order valence-corrected chi connectivity index (χ3v) is 7.29. The molecule has 0 fully saturated rings. The van der Waals surface area contributed by atoms with Gasteiger partial charge < -0.3 is 21.1 Å². The fraction of sp³-hybridized carbons (Fsp3) is 0.419. The van der Waals surface area contributed by atoms with E-state index >= 15 is 0 Å². The van der Waals surface area contributed by atoms with Gasteiger partial charge in [-0.3, -0.25) is 4.98 Å². The van der Waals surface area contributed by atoms with Crippen LogP contribution in [0.2, 0.25) is 0 Å².